The summed E-state index contributed by atoms with van der Waals surface area (Å²) in [7, 11) is 0. The first-order chi connectivity index (χ1) is 8.68. The summed E-state index contributed by atoms with van der Waals surface area (Å²) < 4.78 is 5.37. The van der Waals surface area contributed by atoms with Gasteiger partial charge in [-0.1, -0.05) is 19.3 Å². The van der Waals surface area contributed by atoms with E-state index in [0.717, 1.165) is 45.3 Å². The Morgan fingerprint density at radius 2 is 2.06 bits per heavy atom. The van der Waals surface area contributed by atoms with Gasteiger partial charge in [-0.2, -0.15) is 0 Å². The first-order valence-corrected chi connectivity index (χ1v) is 7.32. The highest BCUT2D eigenvalue weighted by molar-refractivity contribution is 5.79. The van der Waals surface area contributed by atoms with Gasteiger partial charge in [0.2, 0.25) is 5.91 Å². The lowest BCUT2D eigenvalue weighted by atomic mass is 9.93. The Bertz CT molecular complexity index is 277. The van der Waals surface area contributed by atoms with E-state index in [1.807, 2.05) is 0 Å². The van der Waals surface area contributed by atoms with E-state index >= 15 is 0 Å². The molecule has 1 heterocycles. The Morgan fingerprint density at radius 1 is 1.28 bits per heavy atom. The second-order valence-corrected chi connectivity index (χ2v) is 5.83. The molecular weight excluding hydrogens is 228 g/mol. The standard InChI is InChI=1S/C14H26N2O2/c1-10(11-7-8-18-9-11)16-14(17)12-5-3-2-4-6-13(12)15/h10-13H,2-9,15H2,1H3,(H,16,17). The van der Waals surface area contributed by atoms with Gasteiger partial charge in [-0.05, 0) is 26.2 Å². The summed E-state index contributed by atoms with van der Waals surface area (Å²) in [5, 5.41) is 3.15. The number of amides is 1. The molecule has 4 heteroatoms. The number of ether oxygens (including phenoxy) is 1. The summed E-state index contributed by atoms with van der Waals surface area (Å²) in [6.45, 7) is 3.69. The highest BCUT2D eigenvalue weighted by Gasteiger charge is 2.30. The smallest absolute Gasteiger partial charge is 0.224 e. The van der Waals surface area contributed by atoms with Crippen LogP contribution in [-0.2, 0) is 9.53 Å². The molecule has 0 aromatic rings. The van der Waals surface area contributed by atoms with Gasteiger partial charge in [-0.15, -0.1) is 0 Å². The number of hydrogen-bond acceptors (Lipinski definition) is 3. The van der Waals surface area contributed by atoms with Crippen molar-refractivity contribution in [2.24, 2.45) is 17.6 Å². The zero-order valence-corrected chi connectivity index (χ0v) is 11.4. The van der Waals surface area contributed by atoms with Crippen LogP contribution in [0.25, 0.3) is 0 Å². The fourth-order valence-electron chi connectivity index (χ4n) is 3.06. The summed E-state index contributed by atoms with van der Waals surface area (Å²) in [4.78, 5) is 12.3. The van der Waals surface area contributed by atoms with Gasteiger partial charge in [0.1, 0.15) is 0 Å². The Kier molecular flexibility index (Phi) is 5.01. The highest BCUT2D eigenvalue weighted by atomic mass is 16.5. The van der Waals surface area contributed by atoms with Gasteiger partial charge in [0.05, 0.1) is 12.5 Å². The molecule has 4 unspecified atom stereocenters. The Labute approximate surface area is 110 Å². The Hall–Kier alpha value is -0.610. The maximum absolute atomic E-state index is 12.3. The van der Waals surface area contributed by atoms with E-state index in [-0.39, 0.29) is 23.9 Å². The molecule has 18 heavy (non-hydrogen) atoms. The van der Waals surface area contributed by atoms with Crippen molar-refractivity contribution in [2.45, 2.75) is 57.5 Å². The molecule has 1 saturated carbocycles. The number of nitrogens with two attached hydrogens (primary N) is 1. The Morgan fingerprint density at radius 3 is 2.78 bits per heavy atom. The van der Waals surface area contributed by atoms with Crippen LogP contribution >= 0.6 is 0 Å². The molecule has 104 valence electrons. The molecule has 1 aliphatic carbocycles. The van der Waals surface area contributed by atoms with Crippen molar-refractivity contribution in [1.29, 1.82) is 0 Å². The normalized spacial score (nSPS) is 34.9. The van der Waals surface area contributed by atoms with Crippen molar-refractivity contribution >= 4 is 5.91 Å². The quantitative estimate of drug-likeness (QED) is 0.749. The van der Waals surface area contributed by atoms with E-state index in [2.05, 4.69) is 12.2 Å². The van der Waals surface area contributed by atoms with Crippen molar-refractivity contribution in [3.63, 3.8) is 0 Å². The molecular formula is C14H26N2O2. The van der Waals surface area contributed by atoms with E-state index < -0.39 is 0 Å². The van der Waals surface area contributed by atoms with Crippen LogP contribution in [0.15, 0.2) is 0 Å². The van der Waals surface area contributed by atoms with Crippen LogP contribution in [0.3, 0.4) is 0 Å². The van der Waals surface area contributed by atoms with Crippen molar-refractivity contribution in [3.05, 3.63) is 0 Å². The summed E-state index contributed by atoms with van der Waals surface area (Å²) in [6, 6.07) is 0.245. The molecule has 4 nitrogen and oxygen atoms in total. The zero-order chi connectivity index (χ0) is 13.0. The molecule has 3 N–H and O–H groups in total. The fourth-order valence-corrected chi connectivity index (χ4v) is 3.06. The minimum atomic E-state index is 0.0114. The van der Waals surface area contributed by atoms with Crippen LogP contribution in [0.1, 0.15) is 45.4 Å². The predicted molar refractivity (Wildman–Crippen MR) is 71.1 cm³/mol. The third-order valence-electron chi connectivity index (χ3n) is 4.45. The number of nitrogens with one attached hydrogen (secondary N) is 1. The lowest BCUT2D eigenvalue weighted by molar-refractivity contribution is -0.126. The monoisotopic (exact) mass is 254 g/mol. The van der Waals surface area contributed by atoms with Crippen LogP contribution in [0.4, 0.5) is 0 Å². The minimum Gasteiger partial charge on any atom is -0.381 e. The summed E-state index contributed by atoms with van der Waals surface area (Å²) in [5.41, 5.74) is 6.12. The second kappa shape index (κ2) is 6.53. The highest BCUT2D eigenvalue weighted by Crippen LogP contribution is 2.23. The average Bonchev–Trinajstić information content (AvgIpc) is 2.79. The van der Waals surface area contributed by atoms with Crippen LogP contribution in [-0.4, -0.2) is 31.2 Å². The zero-order valence-electron chi connectivity index (χ0n) is 11.4. The molecule has 1 aliphatic heterocycles. The van der Waals surface area contributed by atoms with E-state index in [0.29, 0.717) is 5.92 Å². The topological polar surface area (TPSA) is 64.4 Å². The third kappa shape index (κ3) is 3.45. The van der Waals surface area contributed by atoms with Gasteiger partial charge in [-0.25, -0.2) is 0 Å². The number of rotatable bonds is 3. The lowest BCUT2D eigenvalue weighted by Crippen LogP contribution is -2.46. The number of hydrogen-bond donors (Lipinski definition) is 2. The molecule has 0 aromatic carbocycles. The third-order valence-corrected chi connectivity index (χ3v) is 4.45. The van der Waals surface area contributed by atoms with Crippen LogP contribution < -0.4 is 11.1 Å². The summed E-state index contributed by atoms with van der Waals surface area (Å²) in [6.07, 6.45) is 6.49. The molecule has 0 bridgehead atoms. The summed E-state index contributed by atoms with van der Waals surface area (Å²) in [5.74, 6) is 0.636. The summed E-state index contributed by atoms with van der Waals surface area (Å²) >= 11 is 0. The van der Waals surface area contributed by atoms with Gasteiger partial charge < -0.3 is 15.8 Å². The minimum absolute atomic E-state index is 0.0114. The molecule has 2 aliphatic rings. The number of carbonyl (C=O) groups is 1. The molecule has 2 rings (SSSR count). The van der Waals surface area contributed by atoms with E-state index in [4.69, 9.17) is 10.5 Å². The maximum Gasteiger partial charge on any atom is 0.224 e. The number of carbonyl (C=O) groups excluding carboxylic acids is 1. The maximum atomic E-state index is 12.3. The predicted octanol–water partition coefficient (Wildman–Crippen LogP) is 1.44. The van der Waals surface area contributed by atoms with E-state index in [9.17, 15) is 4.79 Å². The van der Waals surface area contributed by atoms with Crippen molar-refractivity contribution in [3.8, 4) is 0 Å². The lowest BCUT2D eigenvalue weighted by Gasteiger charge is -2.25. The Balaban J connectivity index is 1.85. The second-order valence-electron chi connectivity index (χ2n) is 5.83. The van der Waals surface area contributed by atoms with Gasteiger partial charge >= 0.3 is 0 Å². The van der Waals surface area contributed by atoms with E-state index in [1.165, 1.54) is 6.42 Å². The molecule has 0 spiro atoms. The van der Waals surface area contributed by atoms with Crippen molar-refractivity contribution < 1.29 is 9.53 Å². The molecule has 1 saturated heterocycles. The largest absolute Gasteiger partial charge is 0.381 e. The molecule has 2 fully saturated rings. The van der Waals surface area contributed by atoms with Crippen molar-refractivity contribution in [2.75, 3.05) is 13.2 Å². The molecule has 0 aromatic heterocycles. The van der Waals surface area contributed by atoms with Crippen LogP contribution in [0, 0.1) is 11.8 Å². The van der Waals surface area contributed by atoms with Gasteiger partial charge in [0, 0.05) is 24.6 Å². The van der Waals surface area contributed by atoms with E-state index in [1.54, 1.807) is 0 Å². The van der Waals surface area contributed by atoms with Crippen LogP contribution in [0.2, 0.25) is 0 Å². The molecule has 1 amide bonds. The van der Waals surface area contributed by atoms with Gasteiger partial charge in [0.15, 0.2) is 0 Å². The first kappa shape index (κ1) is 13.8. The van der Waals surface area contributed by atoms with Gasteiger partial charge in [0.25, 0.3) is 0 Å². The van der Waals surface area contributed by atoms with Crippen molar-refractivity contribution in [1.82, 2.24) is 5.32 Å². The fraction of sp³-hybridized carbons (Fsp3) is 0.929. The SMILES string of the molecule is CC(NC(=O)C1CCCCCC1N)C1CCOC1. The average molecular weight is 254 g/mol. The molecule has 4 atom stereocenters. The van der Waals surface area contributed by atoms with Gasteiger partial charge in [-0.3, -0.25) is 4.79 Å². The van der Waals surface area contributed by atoms with Crippen LogP contribution in [0.5, 0.6) is 0 Å². The molecule has 0 radical (unpaired) electrons. The first-order valence-electron chi connectivity index (χ1n) is 7.32.